The second kappa shape index (κ2) is 5.96. The van der Waals surface area contributed by atoms with Gasteiger partial charge < -0.3 is 5.11 Å². The van der Waals surface area contributed by atoms with Crippen LogP contribution in [0.2, 0.25) is 0 Å². The molecule has 0 amide bonds. The topological polar surface area (TPSA) is 53.4 Å². The van der Waals surface area contributed by atoms with E-state index in [0.717, 1.165) is 23.8 Å². The van der Waals surface area contributed by atoms with Gasteiger partial charge in [-0.3, -0.25) is 9.69 Å². The van der Waals surface area contributed by atoms with Crippen molar-refractivity contribution in [1.82, 2.24) is 9.88 Å². The van der Waals surface area contributed by atoms with Crippen molar-refractivity contribution in [2.75, 3.05) is 6.54 Å². The summed E-state index contributed by atoms with van der Waals surface area (Å²) in [5, 5.41) is 11.8. The quantitative estimate of drug-likeness (QED) is 0.830. The number of aliphatic carboxylic acids is 1. The highest BCUT2D eigenvalue weighted by Gasteiger charge is 2.16. The zero-order valence-electron chi connectivity index (χ0n) is 9.93. The summed E-state index contributed by atoms with van der Waals surface area (Å²) in [6.45, 7) is 7.53. The molecule has 5 heteroatoms. The van der Waals surface area contributed by atoms with Crippen molar-refractivity contribution in [1.29, 1.82) is 0 Å². The van der Waals surface area contributed by atoms with Gasteiger partial charge in [-0.2, -0.15) is 0 Å². The van der Waals surface area contributed by atoms with Gasteiger partial charge in [0.2, 0.25) is 0 Å². The lowest BCUT2D eigenvalue weighted by Gasteiger charge is -2.25. The maximum Gasteiger partial charge on any atom is 0.304 e. The Morgan fingerprint density at radius 1 is 1.69 bits per heavy atom. The molecule has 0 bridgehead atoms. The van der Waals surface area contributed by atoms with E-state index in [9.17, 15) is 4.79 Å². The summed E-state index contributed by atoms with van der Waals surface area (Å²) in [6, 6.07) is 0.0458. The molecule has 1 aromatic heterocycles. The molecule has 1 aromatic rings. The number of carboxylic acid groups (broad SMARTS) is 1. The number of carbonyl (C=O) groups is 1. The summed E-state index contributed by atoms with van der Waals surface area (Å²) in [5.41, 5.74) is 1.03. The van der Waals surface area contributed by atoms with Crippen molar-refractivity contribution < 1.29 is 9.90 Å². The fourth-order valence-electron chi connectivity index (χ4n) is 1.65. The zero-order chi connectivity index (χ0) is 12.1. The average Bonchev–Trinajstić information content (AvgIpc) is 2.59. The van der Waals surface area contributed by atoms with Gasteiger partial charge in [-0.05, 0) is 20.4 Å². The van der Waals surface area contributed by atoms with Crippen molar-refractivity contribution in [3.63, 3.8) is 0 Å². The zero-order valence-corrected chi connectivity index (χ0v) is 10.8. The van der Waals surface area contributed by atoms with E-state index in [1.165, 1.54) is 0 Å². The van der Waals surface area contributed by atoms with E-state index in [-0.39, 0.29) is 12.5 Å². The van der Waals surface area contributed by atoms with Crippen molar-refractivity contribution in [2.24, 2.45) is 0 Å². The molecule has 0 fully saturated rings. The van der Waals surface area contributed by atoms with Crippen LogP contribution in [0.3, 0.4) is 0 Å². The number of aryl methyl sites for hydroxylation is 1. The first-order chi connectivity index (χ1) is 7.52. The minimum Gasteiger partial charge on any atom is -0.481 e. The molecule has 1 atom stereocenters. The third-order valence-electron chi connectivity index (χ3n) is 2.53. The van der Waals surface area contributed by atoms with E-state index in [2.05, 4.69) is 9.88 Å². The van der Waals surface area contributed by atoms with Crippen molar-refractivity contribution in [3.05, 3.63) is 16.1 Å². The van der Waals surface area contributed by atoms with Crippen LogP contribution in [0.25, 0.3) is 0 Å². The van der Waals surface area contributed by atoms with Gasteiger partial charge in [-0.1, -0.05) is 6.92 Å². The number of rotatable bonds is 6. The first-order valence-electron chi connectivity index (χ1n) is 5.39. The van der Waals surface area contributed by atoms with E-state index in [4.69, 9.17) is 5.11 Å². The van der Waals surface area contributed by atoms with Crippen LogP contribution >= 0.6 is 11.3 Å². The first-order valence-corrected chi connectivity index (χ1v) is 6.27. The van der Waals surface area contributed by atoms with E-state index in [1.807, 2.05) is 26.2 Å². The van der Waals surface area contributed by atoms with Gasteiger partial charge in [0.25, 0.3) is 0 Å². The minimum absolute atomic E-state index is 0.0458. The van der Waals surface area contributed by atoms with Gasteiger partial charge >= 0.3 is 5.97 Å². The predicted octanol–water partition coefficient (Wildman–Crippen LogP) is 2.14. The highest BCUT2D eigenvalue weighted by Crippen LogP contribution is 2.13. The highest BCUT2D eigenvalue weighted by molar-refractivity contribution is 7.09. The van der Waals surface area contributed by atoms with Gasteiger partial charge in [0.1, 0.15) is 0 Å². The van der Waals surface area contributed by atoms with Gasteiger partial charge in [0.05, 0.1) is 17.1 Å². The Labute approximate surface area is 99.9 Å². The van der Waals surface area contributed by atoms with E-state index in [0.29, 0.717) is 0 Å². The number of aromatic nitrogens is 1. The molecule has 0 radical (unpaired) electrons. The summed E-state index contributed by atoms with van der Waals surface area (Å²) >= 11 is 1.63. The molecule has 0 aromatic carbocycles. The SMILES string of the molecule is CCN(Cc1csc(C)n1)C(C)CC(=O)O. The molecule has 16 heavy (non-hydrogen) atoms. The summed E-state index contributed by atoms with van der Waals surface area (Å²) in [5.74, 6) is -0.750. The maximum absolute atomic E-state index is 10.6. The summed E-state index contributed by atoms with van der Waals surface area (Å²) in [7, 11) is 0. The molecule has 0 spiro atoms. The van der Waals surface area contributed by atoms with Gasteiger partial charge in [0.15, 0.2) is 0 Å². The molecule has 4 nitrogen and oxygen atoms in total. The second-order valence-electron chi connectivity index (χ2n) is 3.87. The van der Waals surface area contributed by atoms with E-state index in [1.54, 1.807) is 11.3 Å². The molecule has 0 saturated heterocycles. The molecule has 1 N–H and O–H groups in total. The Bertz CT molecular complexity index is 352. The van der Waals surface area contributed by atoms with Gasteiger partial charge in [-0.25, -0.2) is 4.98 Å². The van der Waals surface area contributed by atoms with Gasteiger partial charge in [0, 0.05) is 18.0 Å². The Morgan fingerprint density at radius 3 is 2.81 bits per heavy atom. The molecule has 1 heterocycles. The summed E-state index contributed by atoms with van der Waals surface area (Å²) < 4.78 is 0. The number of carboxylic acids is 1. The van der Waals surface area contributed by atoms with Crippen LogP contribution in [-0.2, 0) is 11.3 Å². The minimum atomic E-state index is -0.750. The molecule has 0 aliphatic rings. The average molecular weight is 242 g/mol. The smallest absolute Gasteiger partial charge is 0.304 e. The summed E-state index contributed by atoms with van der Waals surface area (Å²) in [4.78, 5) is 17.2. The lowest BCUT2D eigenvalue weighted by molar-refractivity contribution is -0.138. The fourth-order valence-corrected chi connectivity index (χ4v) is 2.25. The van der Waals surface area contributed by atoms with Crippen LogP contribution in [0.4, 0.5) is 0 Å². The molecule has 1 unspecified atom stereocenters. The maximum atomic E-state index is 10.6. The van der Waals surface area contributed by atoms with Crippen LogP contribution < -0.4 is 0 Å². The largest absolute Gasteiger partial charge is 0.481 e. The predicted molar refractivity (Wildman–Crippen MR) is 64.6 cm³/mol. The van der Waals surface area contributed by atoms with Crippen LogP contribution in [0, 0.1) is 6.92 Å². The molecule has 0 aliphatic carbocycles. The lowest BCUT2D eigenvalue weighted by Crippen LogP contribution is -2.34. The highest BCUT2D eigenvalue weighted by atomic mass is 32.1. The van der Waals surface area contributed by atoms with Gasteiger partial charge in [-0.15, -0.1) is 11.3 Å². The number of hydrogen-bond acceptors (Lipinski definition) is 4. The Kier molecular flexibility index (Phi) is 4.89. The van der Waals surface area contributed by atoms with E-state index < -0.39 is 5.97 Å². The number of thiazole rings is 1. The van der Waals surface area contributed by atoms with Crippen molar-refractivity contribution >= 4 is 17.3 Å². The normalized spacial score (nSPS) is 13.0. The van der Waals surface area contributed by atoms with E-state index >= 15 is 0 Å². The van der Waals surface area contributed by atoms with Crippen LogP contribution in [0.15, 0.2) is 5.38 Å². The van der Waals surface area contributed by atoms with Crippen molar-refractivity contribution in [2.45, 2.75) is 39.8 Å². The molecular weight excluding hydrogens is 224 g/mol. The standard InChI is InChI=1S/C11H18N2O2S/c1-4-13(8(2)5-11(14)15)6-10-7-16-9(3)12-10/h7-8H,4-6H2,1-3H3,(H,14,15). The molecule has 90 valence electrons. The molecule has 1 rings (SSSR count). The van der Waals surface area contributed by atoms with Crippen LogP contribution in [0.5, 0.6) is 0 Å². The lowest BCUT2D eigenvalue weighted by atomic mass is 10.2. The van der Waals surface area contributed by atoms with Crippen molar-refractivity contribution in [3.8, 4) is 0 Å². The first kappa shape index (κ1) is 13.1. The third kappa shape index (κ3) is 3.90. The molecule has 0 aliphatic heterocycles. The summed E-state index contributed by atoms with van der Waals surface area (Å²) in [6.07, 6.45) is 0.178. The monoisotopic (exact) mass is 242 g/mol. The van der Waals surface area contributed by atoms with Crippen LogP contribution in [0.1, 0.15) is 31.0 Å². The second-order valence-corrected chi connectivity index (χ2v) is 4.93. The molecular formula is C11H18N2O2S. The number of hydrogen-bond donors (Lipinski definition) is 1. The Morgan fingerprint density at radius 2 is 2.38 bits per heavy atom. The fraction of sp³-hybridized carbons (Fsp3) is 0.636. The Balaban J connectivity index is 2.57. The van der Waals surface area contributed by atoms with Crippen LogP contribution in [-0.4, -0.2) is 33.5 Å². The Hall–Kier alpha value is -0.940. The number of nitrogens with zero attached hydrogens (tertiary/aromatic N) is 2. The third-order valence-corrected chi connectivity index (χ3v) is 3.35. The molecule has 0 saturated carbocycles.